The maximum atomic E-state index is 11.2. The number of nitrogens with zero attached hydrogens (tertiary/aromatic N) is 1. The largest absolute Gasteiger partial charge is 0.273 e. The lowest BCUT2D eigenvalue weighted by atomic mass is 10.1. The Balaban J connectivity index is 2.36. The molecule has 0 unspecified atom stereocenters. The molecule has 0 radical (unpaired) electrons. The first-order valence-corrected chi connectivity index (χ1v) is 5.78. The molecule has 3 nitrogen and oxygen atoms in total. The minimum absolute atomic E-state index is 0.0328. The zero-order valence-corrected chi connectivity index (χ0v) is 10.1. The Hall–Kier alpha value is -1.16. The Morgan fingerprint density at radius 3 is 2.87 bits per heavy atom. The predicted octanol–water partition coefficient (Wildman–Crippen LogP) is 2.55. The molecule has 0 aromatic carbocycles. The highest BCUT2D eigenvalue weighted by Gasteiger charge is 2.02. The molecule has 0 spiro atoms. The zero-order chi connectivity index (χ0) is 11.3. The van der Waals surface area contributed by atoms with Gasteiger partial charge in [0.05, 0.1) is 6.21 Å². The van der Waals surface area contributed by atoms with Gasteiger partial charge in [0, 0.05) is 16.2 Å². The van der Waals surface area contributed by atoms with Crippen molar-refractivity contribution in [2.75, 3.05) is 0 Å². The molecule has 1 amide bonds. The van der Waals surface area contributed by atoms with Gasteiger partial charge in [0.15, 0.2) is 0 Å². The highest BCUT2D eigenvalue weighted by molar-refractivity contribution is 7.13. The van der Waals surface area contributed by atoms with Gasteiger partial charge in [-0.15, -0.1) is 11.3 Å². The molecule has 0 aliphatic carbocycles. The molecule has 1 aromatic heterocycles. The van der Waals surface area contributed by atoms with Crippen LogP contribution in [-0.2, 0) is 4.79 Å². The van der Waals surface area contributed by atoms with Gasteiger partial charge in [-0.1, -0.05) is 13.8 Å². The van der Waals surface area contributed by atoms with Crippen molar-refractivity contribution < 1.29 is 4.79 Å². The van der Waals surface area contributed by atoms with Crippen molar-refractivity contribution in [3.63, 3.8) is 0 Å². The van der Waals surface area contributed by atoms with Crippen LogP contribution in [0.25, 0.3) is 0 Å². The number of thiophene rings is 1. The second kappa shape index (κ2) is 5.66. The summed E-state index contributed by atoms with van der Waals surface area (Å²) in [6, 6.07) is 4.01. The van der Waals surface area contributed by atoms with Crippen LogP contribution in [-0.4, -0.2) is 12.1 Å². The van der Waals surface area contributed by atoms with Crippen LogP contribution in [0, 0.1) is 12.8 Å². The summed E-state index contributed by atoms with van der Waals surface area (Å²) < 4.78 is 0. The number of hydrogen-bond donors (Lipinski definition) is 1. The Kier molecular flexibility index (Phi) is 4.49. The molecule has 0 aliphatic rings. The van der Waals surface area contributed by atoms with Crippen LogP contribution in [0.5, 0.6) is 0 Å². The Labute approximate surface area is 94.2 Å². The molecule has 82 valence electrons. The van der Waals surface area contributed by atoms with E-state index in [-0.39, 0.29) is 5.91 Å². The normalized spacial score (nSPS) is 11.2. The van der Waals surface area contributed by atoms with E-state index in [1.807, 2.05) is 32.9 Å². The van der Waals surface area contributed by atoms with E-state index < -0.39 is 0 Å². The molecular formula is C11H16N2OS. The van der Waals surface area contributed by atoms with E-state index >= 15 is 0 Å². The molecule has 1 heterocycles. The number of hydrogen-bond acceptors (Lipinski definition) is 3. The Bertz CT molecular complexity index is 355. The van der Waals surface area contributed by atoms with E-state index in [1.54, 1.807) is 17.6 Å². The van der Waals surface area contributed by atoms with Crippen molar-refractivity contribution in [2.24, 2.45) is 11.0 Å². The summed E-state index contributed by atoms with van der Waals surface area (Å²) in [4.78, 5) is 13.5. The van der Waals surface area contributed by atoms with Gasteiger partial charge in [-0.05, 0) is 25.0 Å². The second-order valence-corrected chi connectivity index (χ2v) is 5.16. The van der Waals surface area contributed by atoms with Gasteiger partial charge in [0.25, 0.3) is 0 Å². The Morgan fingerprint density at radius 2 is 2.33 bits per heavy atom. The average molecular weight is 224 g/mol. The molecular weight excluding hydrogens is 208 g/mol. The summed E-state index contributed by atoms with van der Waals surface area (Å²) in [5, 5.41) is 3.89. The smallest absolute Gasteiger partial charge is 0.240 e. The van der Waals surface area contributed by atoms with Crippen LogP contribution in [0.15, 0.2) is 17.2 Å². The Morgan fingerprint density at radius 1 is 1.60 bits per heavy atom. The van der Waals surface area contributed by atoms with Crippen molar-refractivity contribution >= 4 is 23.5 Å². The first kappa shape index (κ1) is 11.9. The van der Waals surface area contributed by atoms with Gasteiger partial charge in [-0.3, -0.25) is 4.79 Å². The van der Waals surface area contributed by atoms with Crippen molar-refractivity contribution in [1.29, 1.82) is 0 Å². The van der Waals surface area contributed by atoms with E-state index in [4.69, 9.17) is 0 Å². The van der Waals surface area contributed by atoms with Crippen LogP contribution < -0.4 is 5.43 Å². The fourth-order valence-corrected chi connectivity index (χ4v) is 1.86. The predicted molar refractivity (Wildman–Crippen MR) is 64.2 cm³/mol. The van der Waals surface area contributed by atoms with Crippen LogP contribution >= 0.6 is 11.3 Å². The lowest BCUT2D eigenvalue weighted by Gasteiger charge is -2.01. The lowest BCUT2D eigenvalue weighted by Crippen LogP contribution is -2.18. The number of rotatable bonds is 4. The molecule has 1 aromatic rings. The van der Waals surface area contributed by atoms with Gasteiger partial charge in [-0.2, -0.15) is 5.10 Å². The van der Waals surface area contributed by atoms with Crippen molar-refractivity contribution in [1.82, 2.24) is 5.43 Å². The first-order valence-electron chi connectivity index (χ1n) is 4.96. The molecule has 1 N–H and O–H groups in total. The standard InChI is InChI=1S/C11H16N2OS/c1-8(2)6-11(14)13-12-7-10-5-4-9(3)15-10/h4-5,7-8H,6H2,1-3H3,(H,13,14). The van der Waals surface area contributed by atoms with Crippen LogP contribution in [0.2, 0.25) is 0 Å². The topological polar surface area (TPSA) is 41.5 Å². The number of nitrogens with one attached hydrogen (secondary N) is 1. The highest BCUT2D eigenvalue weighted by atomic mass is 32.1. The van der Waals surface area contributed by atoms with Crippen LogP contribution in [0.4, 0.5) is 0 Å². The number of carbonyl (C=O) groups excluding carboxylic acids is 1. The highest BCUT2D eigenvalue weighted by Crippen LogP contribution is 2.12. The first-order chi connectivity index (χ1) is 7.08. The van der Waals surface area contributed by atoms with Gasteiger partial charge in [0.2, 0.25) is 5.91 Å². The SMILES string of the molecule is Cc1ccc(C=NNC(=O)CC(C)C)s1. The van der Waals surface area contributed by atoms with E-state index in [9.17, 15) is 4.79 Å². The zero-order valence-electron chi connectivity index (χ0n) is 9.28. The molecule has 0 saturated heterocycles. The number of carbonyl (C=O) groups is 1. The van der Waals surface area contributed by atoms with Crippen LogP contribution in [0.1, 0.15) is 30.0 Å². The fraction of sp³-hybridized carbons (Fsp3) is 0.455. The maximum absolute atomic E-state index is 11.2. The summed E-state index contributed by atoms with van der Waals surface area (Å²) in [7, 11) is 0. The summed E-state index contributed by atoms with van der Waals surface area (Å²) in [6.07, 6.45) is 2.19. The lowest BCUT2D eigenvalue weighted by molar-refractivity contribution is -0.121. The van der Waals surface area contributed by atoms with Crippen molar-refractivity contribution in [2.45, 2.75) is 27.2 Å². The number of hydrazone groups is 1. The number of amides is 1. The molecule has 0 aliphatic heterocycles. The fourth-order valence-electron chi connectivity index (χ4n) is 1.11. The molecule has 4 heteroatoms. The summed E-state index contributed by atoms with van der Waals surface area (Å²) in [6.45, 7) is 6.05. The monoisotopic (exact) mass is 224 g/mol. The molecule has 0 atom stereocenters. The van der Waals surface area contributed by atoms with Crippen LogP contribution in [0.3, 0.4) is 0 Å². The summed E-state index contributed by atoms with van der Waals surface area (Å²) >= 11 is 1.65. The average Bonchev–Trinajstić information content (AvgIpc) is 2.50. The maximum Gasteiger partial charge on any atom is 0.240 e. The van der Waals surface area contributed by atoms with E-state index in [0.717, 1.165) is 4.88 Å². The quantitative estimate of drug-likeness (QED) is 0.619. The van der Waals surface area contributed by atoms with Crippen molar-refractivity contribution in [3.05, 3.63) is 21.9 Å². The van der Waals surface area contributed by atoms with E-state index in [2.05, 4.69) is 10.5 Å². The molecule has 0 bridgehead atoms. The minimum Gasteiger partial charge on any atom is -0.273 e. The molecule has 1 rings (SSSR count). The molecule has 0 saturated carbocycles. The van der Waals surface area contributed by atoms with Gasteiger partial charge in [-0.25, -0.2) is 5.43 Å². The second-order valence-electron chi connectivity index (χ2n) is 3.84. The van der Waals surface area contributed by atoms with Gasteiger partial charge >= 0.3 is 0 Å². The van der Waals surface area contributed by atoms with E-state index in [0.29, 0.717) is 12.3 Å². The van der Waals surface area contributed by atoms with Gasteiger partial charge in [0.1, 0.15) is 0 Å². The summed E-state index contributed by atoms with van der Waals surface area (Å²) in [5.74, 6) is 0.332. The van der Waals surface area contributed by atoms with E-state index in [1.165, 1.54) is 4.88 Å². The molecule has 0 fully saturated rings. The summed E-state index contributed by atoms with van der Waals surface area (Å²) in [5.41, 5.74) is 2.51. The van der Waals surface area contributed by atoms with Gasteiger partial charge < -0.3 is 0 Å². The molecule has 15 heavy (non-hydrogen) atoms. The van der Waals surface area contributed by atoms with Crippen molar-refractivity contribution in [3.8, 4) is 0 Å². The third-order valence-corrected chi connectivity index (χ3v) is 2.67. The number of aryl methyl sites for hydroxylation is 1. The minimum atomic E-state index is -0.0328. The third-order valence-electron chi connectivity index (χ3n) is 1.74. The third kappa shape index (κ3) is 4.74.